The van der Waals surface area contributed by atoms with E-state index in [-0.39, 0.29) is 29.4 Å². The van der Waals surface area contributed by atoms with E-state index in [1.54, 1.807) is 18.2 Å². The van der Waals surface area contributed by atoms with Crippen LogP contribution < -0.4 is 14.8 Å². The van der Waals surface area contributed by atoms with Crippen molar-refractivity contribution in [1.82, 2.24) is 4.31 Å². The minimum absolute atomic E-state index is 0.0359. The summed E-state index contributed by atoms with van der Waals surface area (Å²) in [4.78, 5) is 12.9. The van der Waals surface area contributed by atoms with Crippen LogP contribution in [0, 0.1) is 5.92 Å². The quantitative estimate of drug-likeness (QED) is 0.665. The van der Waals surface area contributed by atoms with Gasteiger partial charge in [0.2, 0.25) is 15.9 Å². The summed E-state index contributed by atoms with van der Waals surface area (Å²) >= 11 is 0. The van der Waals surface area contributed by atoms with Gasteiger partial charge in [-0.1, -0.05) is 12.1 Å². The number of nitrogens with zero attached hydrogens (tertiary/aromatic N) is 1. The Morgan fingerprint density at radius 1 is 1.16 bits per heavy atom. The average molecular weight is 472 g/mol. The first-order valence-electron chi connectivity index (χ1n) is 9.84. The van der Waals surface area contributed by atoms with Gasteiger partial charge in [0.25, 0.3) is 0 Å². The van der Waals surface area contributed by atoms with Crippen molar-refractivity contribution in [2.45, 2.75) is 23.9 Å². The van der Waals surface area contributed by atoms with Crippen molar-refractivity contribution < 1.29 is 35.9 Å². The number of hydrogen-bond donors (Lipinski definition) is 1. The van der Waals surface area contributed by atoms with E-state index in [2.05, 4.69) is 5.32 Å². The predicted molar refractivity (Wildman–Crippen MR) is 111 cm³/mol. The SMILES string of the molecule is COc1ccc(S(=O)(=O)N2CCC[C@@H](C(=O)Nc3ccccc3OCC(F)(F)F)C2)cc1. The number of benzene rings is 2. The van der Waals surface area contributed by atoms with Gasteiger partial charge in [0, 0.05) is 13.1 Å². The number of hydrogen-bond acceptors (Lipinski definition) is 5. The summed E-state index contributed by atoms with van der Waals surface area (Å²) in [7, 11) is -2.34. The van der Waals surface area contributed by atoms with Crippen LogP contribution in [0.4, 0.5) is 18.9 Å². The molecule has 3 rings (SSSR count). The Morgan fingerprint density at radius 3 is 2.50 bits per heavy atom. The Labute approximate surface area is 184 Å². The number of nitrogens with one attached hydrogen (secondary N) is 1. The number of rotatable bonds is 7. The van der Waals surface area contributed by atoms with Crippen molar-refractivity contribution >= 4 is 21.6 Å². The number of amides is 1. The Balaban J connectivity index is 1.70. The van der Waals surface area contributed by atoms with Crippen LogP contribution in [0.2, 0.25) is 0 Å². The van der Waals surface area contributed by atoms with Crippen LogP contribution in [0.3, 0.4) is 0 Å². The van der Waals surface area contributed by atoms with Crippen LogP contribution in [-0.2, 0) is 14.8 Å². The summed E-state index contributed by atoms with van der Waals surface area (Å²) in [5.74, 6) is -0.738. The zero-order valence-corrected chi connectivity index (χ0v) is 18.1. The molecule has 0 unspecified atom stereocenters. The van der Waals surface area contributed by atoms with Gasteiger partial charge in [0.1, 0.15) is 11.5 Å². The highest BCUT2D eigenvalue weighted by molar-refractivity contribution is 7.89. The van der Waals surface area contributed by atoms with Crippen LogP contribution in [0.15, 0.2) is 53.4 Å². The molecule has 0 aromatic heterocycles. The number of anilines is 1. The second kappa shape index (κ2) is 9.78. The lowest BCUT2D eigenvalue weighted by Crippen LogP contribution is -2.43. The molecule has 0 radical (unpaired) electrons. The Hall–Kier alpha value is -2.79. The summed E-state index contributed by atoms with van der Waals surface area (Å²) in [6, 6.07) is 11.7. The molecular formula is C21H23F3N2O5S. The van der Waals surface area contributed by atoms with Gasteiger partial charge in [-0.15, -0.1) is 0 Å². The number of ether oxygens (including phenoxy) is 2. The molecule has 1 heterocycles. The molecule has 2 aromatic rings. The van der Waals surface area contributed by atoms with E-state index in [4.69, 9.17) is 9.47 Å². The number of methoxy groups -OCH3 is 1. The van der Waals surface area contributed by atoms with Gasteiger partial charge in [-0.05, 0) is 49.2 Å². The lowest BCUT2D eigenvalue weighted by Gasteiger charge is -2.31. The van der Waals surface area contributed by atoms with Crippen molar-refractivity contribution in [2.24, 2.45) is 5.92 Å². The normalized spacial score (nSPS) is 17.6. The summed E-state index contributed by atoms with van der Waals surface area (Å²) in [6.45, 7) is -1.26. The lowest BCUT2D eigenvalue weighted by molar-refractivity contribution is -0.153. The molecule has 1 aliphatic rings. The number of carbonyl (C=O) groups is 1. The highest BCUT2D eigenvalue weighted by Crippen LogP contribution is 2.29. The van der Waals surface area contributed by atoms with Crippen LogP contribution in [0.25, 0.3) is 0 Å². The van der Waals surface area contributed by atoms with E-state index in [1.165, 1.54) is 41.7 Å². The van der Waals surface area contributed by atoms with Gasteiger partial charge in [-0.25, -0.2) is 8.42 Å². The summed E-state index contributed by atoms with van der Waals surface area (Å²) < 4.78 is 74.5. The van der Waals surface area contributed by atoms with Crippen LogP contribution in [0.5, 0.6) is 11.5 Å². The molecular weight excluding hydrogens is 449 g/mol. The maximum Gasteiger partial charge on any atom is 0.422 e. The van der Waals surface area contributed by atoms with Crippen molar-refractivity contribution in [3.05, 3.63) is 48.5 Å². The minimum atomic E-state index is -4.52. The van der Waals surface area contributed by atoms with Gasteiger partial charge >= 0.3 is 6.18 Å². The topological polar surface area (TPSA) is 84.9 Å². The monoisotopic (exact) mass is 472 g/mol. The third-order valence-corrected chi connectivity index (χ3v) is 6.87. The van der Waals surface area contributed by atoms with E-state index in [9.17, 15) is 26.4 Å². The first kappa shape index (κ1) is 23.9. The van der Waals surface area contributed by atoms with Crippen LogP contribution >= 0.6 is 0 Å². The number of halogens is 3. The molecule has 2 aromatic carbocycles. The van der Waals surface area contributed by atoms with Crippen molar-refractivity contribution in [3.63, 3.8) is 0 Å². The van der Waals surface area contributed by atoms with Gasteiger partial charge in [0.05, 0.1) is 23.6 Å². The molecule has 1 saturated heterocycles. The minimum Gasteiger partial charge on any atom is -0.497 e. The fourth-order valence-corrected chi connectivity index (χ4v) is 4.89. The molecule has 1 atom stereocenters. The number of sulfonamides is 1. The molecule has 0 spiro atoms. The zero-order valence-electron chi connectivity index (χ0n) is 17.3. The maximum absolute atomic E-state index is 13.0. The number of carbonyl (C=O) groups excluding carboxylic acids is 1. The first-order chi connectivity index (χ1) is 15.1. The molecule has 174 valence electrons. The molecule has 1 N–H and O–H groups in total. The largest absolute Gasteiger partial charge is 0.497 e. The number of alkyl halides is 3. The summed E-state index contributed by atoms with van der Waals surface area (Å²) in [5.41, 5.74) is 0.0943. The third-order valence-electron chi connectivity index (χ3n) is 4.99. The number of para-hydroxylation sites is 2. The molecule has 1 aliphatic heterocycles. The molecule has 7 nitrogen and oxygen atoms in total. The van der Waals surface area contributed by atoms with Gasteiger partial charge in [-0.2, -0.15) is 17.5 Å². The van der Waals surface area contributed by atoms with Crippen LogP contribution in [0.1, 0.15) is 12.8 Å². The second-order valence-electron chi connectivity index (χ2n) is 7.27. The Morgan fingerprint density at radius 2 is 1.84 bits per heavy atom. The average Bonchev–Trinajstić information content (AvgIpc) is 2.78. The van der Waals surface area contributed by atoms with E-state index in [1.807, 2.05) is 0 Å². The van der Waals surface area contributed by atoms with Crippen LogP contribution in [-0.4, -0.2) is 51.6 Å². The predicted octanol–water partition coefficient (Wildman–Crippen LogP) is 3.68. The highest BCUT2D eigenvalue weighted by Gasteiger charge is 2.34. The highest BCUT2D eigenvalue weighted by atomic mass is 32.2. The molecule has 32 heavy (non-hydrogen) atoms. The van der Waals surface area contributed by atoms with Crippen molar-refractivity contribution in [3.8, 4) is 11.5 Å². The molecule has 11 heteroatoms. The number of piperidine rings is 1. The van der Waals surface area contributed by atoms with Gasteiger partial charge in [0.15, 0.2) is 6.61 Å². The second-order valence-corrected chi connectivity index (χ2v) is 9.20. The summed E-state index contributed by atoms with van der Waals surface area (Å²) in [6.07, 6.45) is -3.59. The Bertz CT molecular complexity index is 1040. The van der Waals surface area contributed by atoms with E-state index < -0.39 is 34.6 Å². The molecule has 0 saturated carbocycles. The maximum atomic E-state index is 13.0. The van der Waals surface area contributed by atoms with E-state index in [0.717, 1.165) is 0 Å². The van der Waals surface area contributed by atoms with E-state index >= 15 is 0 Å². The zero-order chi connectivity index (χ0) is 23.4. The standard InChI is InChI=1S/C21H23F3N2O5S/c1-30-16-8-10-17(11-9-16)32(28,29)26-12-4-5-15(13-26)20(27)25-18-6-2-3-7-19(18)31-14-21(22,23)24/h2-3,6-11,15H,4-5,12-14H2,1H3,(H,25,27)/t15-/m1/s1. The molecule has 1 amide bonds. The van der Waals surface area contributed by atoms with E-state index in [0.29, 0.717) is 18.6 Å². The molecule has 1 fully saturated rings. The third kappa shape index (κ3) is 5.92. The van der Waals surface area contributed by atoms with Gasteiger partial charge in [-0.3, -0.25) is 4.79 Å². The van der Waals surface area contributed by atoms with Gasteiger partial charge < -0.3 is 14.8 Å². The summed E-state index contributed by atoms with van der Waals surface area (Å²) in [5, 5.41) is 2.57. The van der Waals surface area contributed by atoms with Crippen molar-refractivity contribution in [2.75, 3.05) is 32.1 Å². The Kier molecular flexibility index (Phi) is 7.29. The fourth-order valence-electron chi connectivity index (χ4n) is 3.36. The smallest absolute Gasteiger partial charge is 0.422 e. The molecule has 0 bridgehead atoms. The lowest BCUT2D eigenvalue weighted by atomic mass is 9.98. The fraction of sp³-hybridized carbons (Fsp3) is 0.381. The van der Waals surface area contributed by atoms with Crippen molar-refractivity contribution in [1.29, 1.82) is 0 Å². The first-order valence-corrected chi connectivity index (χ1v) is 11.3. The molecule has 0 aliphatic carbocycles.